The van der Waals surface area contributed by atoms with Gasteiger partial charge in [0.05, 0.1) is 0 Å². The highest BCUT2D eigenvalue weighted by Gasteiger charge is 2.21. The lowest BCUT2D eigenvalue weighted by atomic mass is 10.0. The number of rotatable bonds is 5. The number of aromatic nitrogens is 2. The number of piperidine rings is 1. The molecule has 1 aliphatic rings. The van der Waals surface area contributed by atoms with E-state index in [1.165, 1.54) is 11.4 Å². The van der Waals surface area contributed by atoms with Crippen LogP contribution in [-0.4, -0.2) is 43.4 Å². The molecule has 0 radical (unpaired) electrons. The van der Waals surface area contributed by atoms with Gasteiger partial charge in [0.25, 0.3) is 11.8 Å². The van der Waals surface area contributed by atoms with Gasteiger partial charge in [-0.3, -0.25) is 0 Å². The van der Waals surface area contributed by atoms with Gasteiger partial charge in [-0.15, -0.1) is 0 Å². The summed E-state index contributed by atoms with van der Waals surface area (Å²) in [6.07, 6.45) is 2.09. The lowest BCUT2D eigenvalue weighted by molar-refractivity contribution is 0.429. The largest absolute Gasteiger partial charge is 0.378 e. The van der Waals surface area contributed by atoms with Crippen LogP contribution in [0.15, 0.2) is 59.1 Å². The third-order valence-electron chi connectivity index (χ3n) is 5.01. The Kier molecular flexibility index (Phi) is 4.96. The van der Waals surface area contributed by atoms with Crippen LogP contribution in [-0.2, 0) is 0 Å². The summed E-state index contributed by atoms with van der Waals surface area (Å²) in [4.78, 5) is 9.02. The van der Waals surface area contributed by atoms with Crippen LogP contribution in [0.2, 0.25) is 0 Å². The smallest absolute Gasteiger partial charge is 0.263 e. The van der Waals surface area contributed by atoms with Crippen LogP contribution in [0.25, 0.3) is 11.5 Å². The molecule has 1 aromatic heterocycles. The van der Waals surface area contributed by atoms with Crippen molar-refractivity contribution in [1.82, 2.24) is 10.1 Å². The second kappa shape index (κ2) is 7.70. The van der Waals surface area contributed by atoms with Crippen molar-refractivity contribution in [3.05, 3.63) is 54.6 Å². The highest BCUT2D eigenvalue weighted by Crippen LogP contribution is 2.24. The second-order valence-corrected chi connectivity index (χ2v) is 7.11. The molecule has 0 spiro atoms. The fraction of sp³-hybridized carbons (Fsp3) is 0.333. The Balaban J connectivity index is 1.33. The molecule has 27 heavy (non-hydrogen) atoms. The van der Waals surface area contributed by atoms with Gasteiger partial charge in [-0.2, -0.15) is 4.98 Å². The number of anilines is 3. The van der Waals surface area contributed by atoms with E-state index in [1.54, 1.807) is 0 Å². The Bertz CT molecular complexity index is 852. The molecule has 1 aliphatic heterocycles. The summed E-state index contributed by atoms with van der Waals surface area (Å²) in [6, 6.07) is 19.0. The topological polar surface area (TPSA) is 57.4 Å². The van der Waals surface area contributed by atoms with Crippen LogP contribution >= 0.6 is 0 Å². The minimum absolute atomic E-state index is 0.364. The van der Waals surface area contributed by atoms with E-state index in [0.717, 1.165) is 31.5 Å². The predicted molar refractivity (Wildman–Crippen MR) is 109 cm³/mol. The number of hydrogen-bond acceptors (Lipinski definition) is 6. The first-order chi connectivity index (χ1) is 13.2. The molecule has 0 atom stereocenters. The summed E-state index contributed by atoms with van der Waals surface area (Å²) in [7, 11) is 4.13. The van der Waals surface area contributed by atoms with Crippen LogP contribution in [0.4, 0.5) is 17.3 Å². The molecule has 1 saturated heterocycles. The van der Waals surface area contributed by atoms with Crippen LogP contribution < -0.4 is 15.1 Å². The molecule has 0 aliphatic carbocycles. The molecule has 1 N–H and O–H groups in total. The van der Waals surface area contributed by atoms with E-state index < -0.39 is 0 Å². The zero-order valence-corrected chi connectivity index (χ0v) is 15.8. The van der Waals surface area contributed by atoms with E-state index in [1.807, 2.05) is 30.3 Å². The molecule has 140 valence electrons. The molecule has 6 nitrogen and oxygen atoms in total. The van der Waals surface area contributed by atoms with Crippen molar-refractivity contribution in [2.45, 2.75) is 18.9 Å². The minimum Gasteiger partial charge on any atom is -0.378 e. The average Bonchev–Trinajstić information content (AvgIpc) is 3.18. The van der Waals surface area contributed by atoms with Crippen molar-refractivity contribution in [2.75, 3.05) is 42.3 Å². The van der Waals surface area contributed by atoms with Crippen LogP contribution in [0.3, 0.4) is 0 Å². The monoisotopic (exact) mass is 363 g/mol. The maximum atomic E-state index is 5.38. The maximum Gasteiger partial charge on any atom is 0.263 e. The van der Waals surface area contributed by atoms with E-state index in [-0.39, 0.29) is 0 Å². The van der Waals surface area contributed by atoms with Crippen molar-refractivity contribution in [3.63, 3.8) is 0 Å². The van der Waals surface area contributed by atoms with Gasteiger partial charge < -0.3 is 19.6 Å². The first kappa shape index (κ1) is 17.4. The molecule has 0 amide bonds. The second-order valence-electron chi connectivity index (χ2n) is 7.11. The third-order valence-corrected chi connectivity index (χ3v) is 5.01. The van der Waals surface area contributed by atoms with E-state index in [2.05, 4.69) is 63.6 Å². The Morgan fingerprint density at radius 2 is 1.70 bits per heavy atom. The SMILES string of the molecule is CN(C)c1ccc(N2CCC(Nc3noc(-c4ccccc4)n3)CC2)cc1. The summed E-state index contributed by atoms with van der Waals surface area (Å²) >= 11 is 0. The van der Waals surface area contributed by atoms with Gasteiger partial charge in [0.15, 0.2) is 0 Å². The molecule has 0 saturated carbocycles. The Morgan fingerprint density at radius 1 is 1.00 bits per heavy atom. The molecule has 0 unspecified atom stereocenters. The molecule has 2 aromatic carbocycles. The zero-order valence-electron chi connectivity index (χ0n) is 15.8. The molecule has 1 fully saturated rings. The summed E-state index contributed by atoms with van der Waals surface area (Å²) in [5.41, 5.74) is 3.45. The van der Waals surface area contributed by atoms with Crippen molar-refractivity contribution in [1.29, 1.82) is 0 Å². The molecular formula is C21H25N5O. The third kappa shape index (κ3) is 4.05. The van der Waals surface area contributed by atoms with Crippen LogP contribution in [0, 0.1) is 0 Å². The van der Waals surface area contributed by atoms with Crippen LogP contribution in [0.1, 0.15) is 12.8 Å². The van der Waals surface area contributed by atoms with E-state index >= 15 is 0 Å². The fourth-order valence-corrected chi connectivity index (χ4v) is 3.41. The summed E-state index contributed by atoms with van der Waals surface area (Å²) in [6.45, 7) is 2.03. The Hall–Kier alpha value is -3.02. The van der Waals surface area contributed by atoms with E-state index in [9.17, 15) is 0 Å². The summed E-state index contributed by atoms with van der Waals surface area (Å²) in [5, 5.41) is 7.49. The molecule has 2 heterocycles. The molecule has 0 bridgehead atoms. The van der Waals surface area contributed by atoms with E-state index in [4.69, 9.17) is 4.52 Å². The predicted octanol–water partition coefficient (Wildman–Crippen LogP) is 3.88. The van der Waals surface area contributed by atoms with Gasteiger partial charge >= 0.3 is 0 Å². The lowest BCUT2D eigenvalue weighted by Crippen LogP contribution is -2.39. The molecule has 4 rings (SSSR count). The number of nitrogens with one attached hydrogen (secondary N) is 1. The Labute approximate surface area is 159 Å². The van der Waals surface area contributed by atoms with Gasteiger partial charge in [0.2, 0.25) is 0 Å². The summed E-state index contributed by atoms with van der Waals surface area (Å²) < 4.78 is 5.38. The molecular weight excluding hydrogens is 338 g/mol. The highest BCUT2D eigenvalue weighted by molar-refractivity contribution is 5.56. The van der Waals surface area contributed by atoms with Crippen molar-refractivity contribution >= 4 is 17.3 Å². The summed E-state index contributed by atoms with van der Waals surface area (Å²) in [5.74, 6) is 1.12. The lowest BCUT2D eigenvalue weighted by Gasteiger charge is -2.33. The van der Waals surface area contributed by atoms with Crippen LogP contribution in [0.5, 0.6) is 0 Å². The van der Waals surface area contributed by atoms with Crippen molar-refractivity contribution < 1.29 is 4.52 Å². The maximum absolute atomic E-state index is 5.38. The average molecular weight is 363 g/mol. The van der Waals surface area contributed by atoms with Gasteiger partial charge in [-0.1, -0.05) is 18.2 Å². The van der Waals surface area contributed by atoms with E-state index in [0.29, 0.717) is 17.9 Å². The quantitative estimate of drug-likeness (QED) is 0.742. The number of hydrogen-bond donors (Lipinski definition) is 1. The number of nitrogens with zero attached hydrogens (tertiary/aromatic N) is 4. The van der Waals surface area contributed by atoms with Gasteiger partial charge in [0, 0.05) is 50.2 Å². The number of benzene rings is 2. The Morgan fingerprint density at radius 3 is 2.37 bits per heavy atom. The van der Waals surface area contributed by atoms with Gasteiger partial charge in [-0.05, 0) is 54.4 Å². The highest BCUT2D eigenvalue weighted by atomic mass is 16.5. The first-order valence-corrected chi connectivity index (χ1v) is 9.37. The first-order valence-electron chi connectivity index (χ1n) is 9.37. The van der Waals surface area contributed by atoms with Crippen molar-refractivity contribution in [3.8, 4) is 11.5 Å². The minimum atomic E-state index is 0.364. The molecule has 6 heteroatoms. The standard InChI is InChI=1S/C21H25N5O/c1-25(2)18-8-10-19(11-9-18)26-14-12-17(13-15-26)22-21-23-20(27-24-21)16-6-4-3-5-7-16/h3-11,17H,12-15H2,1-2H3,(H,22,24). The molecule has 3 aromatic rings. The normalized spacial score (nSPS) is 15.0. The van der Waals surface area contributed by atoms with Gasteiger partial charge in [-0.25, -0.2) is 0 Å². The zero-order chi connectivity index (χ0) is 18.6. The fourth-order valence-electron chi connectivity index (χ4n) is 3.41. The van der Waals surface area contributed by atoms with Crippen molar-refractivity contribution in [2.24, 2.45) is 0 Å². The van der Waals surface area contributed by atoms with Gasteiger partial charge in [0.1, 0.15) is 0 Å².